The molecule has 1 heterocycles. The maximum Gasteiger partial charge on any atom is 0.283 e. The van der Waals surface area contributed by atoms with Crippen molar-refractivity contribution in [3.05, 3.63) is 21.7 Å². The molecule has 1 aromatic heterocycles. The van der Waals surface area contributed by atoms with Gasteiger partial charge in [-0.05, 0) is 19.8 Å². The predicted molar refractivity (Wildman–Crippen MR) is 51.9 cm³/mol. The molecule has 3 heteroatoms. The van der Waals surface area contributed by atoms with E-state index >= 15 is 0 Å². The van der Waals surface area contributed by atoms with Gasteiger partial charge in [-0.15, -0.1) is 0 Å². The van der Waals surface area contributed by atoms with Gasteiger partial charge in [0.05, 0.1) is 5.56 Å². The molecular weight excluding hydrogens is 166 g/mol. The van der Waals surface area contributed by atoms with Gasteiger partial charge in [-0.2, -0.15) is 5.16 Å². The van der Waals surface area contributed by atoms with Crippen molar-refractivity contribution in [2.24, 2.45) is 0 Å². The van der Waals surface area contributed by atoms with Gasteiger partial charge < -0.3 is 4.52 Å². The maximum absolute atomic E-state index is 11.2. The van der Waals surface area contributed by atoms with Gasteiger partial charge in [-0.25, -0.2) is 0 Å². The summed E-state index contributed by atoms with van der Waals surface area (Å²) in [4.78, 5) is 11.2. The molecule has 0 aromatic carbocycles. The molecule has 0 radical (unpaired) electrons. The second kappa shape index (κ2) is 4.90. The Morgan fingerprint density at radius 1 is 1.31 bits per heavy atom. The van der Waals surface area contributed by atoms with E-state index in [1.165, 1.54) is 19.3 Å². The van der Waals surface area contributed by atoms with E-state index in [2.05, 4.69) is 12.1 Å². The second-order valence-corrected chi connectivity index (χ2v) is 3.38. The topological polar surface area (TPSA) is 46.0 Å². The van der Waals surface area contributed by atoms with Gasteiger partial charge >= 0.3 is 0 Å². The highest BCUT2D eigenvalue weighted by atomic mass is 16.5. The number of unbranched alkanes of at least 4 members (excludes halogenated alkanes) is 3. The van der Waals surface area contributed by atoms with E-state index in [1.54, 1.807) is 0 Å². The Morgan fingerprint density at radius 2 is 2.08 bits per heavy atom. The lowest BCUT2D eigenvalue weighted by atomic mass is 10.1. The highest BCUT2D eigenvalue weighted by Crippen LogP contribution is 2.07. The summed E-state index contributed by atoms with van der Waals surface area (Å²) in [6.45, 7) is 4.00. The van der Waals surface area contributed by atoms with Crippen LogP contribution in [-0.4, -0.2) is 5.16 Å². The minimum absolute atomic E-state index is 0.0611. The summed E-state index contributed by atoms with van der Waals surface area (Å²) in [5.74, 6) is 0.737. The molecule has 0 aliphatic heterocycles. The van der Waals surface area contributed by atoms with Crippen LogP contribution in [0.1, 0.15) is 43.9 Å². The van der Waals surface area contributed by atoms with E-state index in [4.69, 9.17) is 4.52 Å². The smallest absolute Gasteiger partial charge is 0.283 e. The van der Waals surface area contributed by atoms with Gasteiger partial charge in [0, 0.05) is 0 Å². The van der Waals surface area contributed by atoms with Gasteiger partial charge in [0.2, 0.25) is 0 Å². The summed E-state index contributed by atoms with van der Waals surface area (Å²) in [6.07, 6.45) is 5.59. The molecule has 74 valence electrons. The van der Waals surface area contributed by atoms with Crippen LogP contribution in [0.2, 0.25) is 0 Å². The first kappa shape index (κ1) is 10.1. The van der Waals surface area contributed by atoms with E-state index in [1.807, 2.05) is 6.92 Å². The van der Waals surface area contributed by atoms with Crippen LogP contribution in [0, 0.1) is 6.92 Å². The summed E-state index contributed by atoms with van der Waals surface area (Å²) in [5.41, 5.74) is 0.755. The minimum Gasteiger partial charge on any atom is -0.384 e. The number of rotatable bonds is 5. The highest BCUT2D eigenvalue weighted by molar-refractivity contribution is 5.11. The molecule has 0 unspecified atom stereocenters. The summed E-state index contributed by atoms with van der Waals surface area (Å²) >= 11 is 0. The first-order chi connectivity index (χ1) is 6.25. The third-order valence-corrected chi connectivity index (χ3v) is 2.28. The molecule has 1 rings (SSSR count). The zero-order chi connectivity index (χ0) is 9.68. The van der Waals surface area contributed by atoms with Crippen LogP contribution < -0.4 is 5.56 Å². The molecular formula is C10H17NO2. The molecule has 0 fully saturated rings. The molecule has 0 saturated heterocycles. The van der Waals surface area contributed by atoms with Crippen molar-refractivity contribution in [3.63, 3.8) is 0 Å². The van der Waals surface area contributed by atoms with Gasteiger partial charge in [-0.1, -0.05) is 26.2 Å². The van der Waals surface area contributed by atoms with Crippen molar-refractivity contribution in [1.29, 1.82) is 0 Å². The van der Waals surface area contributed by atoms with Gasteiger partial charge in [0.25, 0.3) is 5.56 Å². The fourth-order valence-electron chi connectivity index (χ4n) is 1.42. The second-order valence-electron chi connectivity index (χ2n) is 3.38. The van der Waals surface area contributed by atoms with Crippen molar-refractivity contribution < 1.29 is 4.52 Å². The normalized spacial score (nSPS) is 10.6. The first-order valence-corrected chi connectivity index (χ1v) is 4.92. The van der Waals surface area contributed by atoms with E-state index in [0.29, 0.717) is 0 Å². The van der Waals surface area contributed by atoms with Gasteiger partial charge in [-0.3, -0.25) is 4.79 Å². The Hall–Kier alpha value is -0.990. The Labute approximate surface area is 78.1 Å². The Bertz CT molecular complexity index is 298. The average molecular weight is 183 g/mol. The largest absolute Gasteiger partial charge is 0.384 e. The van der Waals surface area contributed by atoms with E-state index in [0.717, 1.165) is 24.2 Å². The predicted octanol–water partition coefficient (Wildman–Crippen LogP) is 2.40. The molecule has 3 nitrogen and oxygen atoms in total. The summed E-state index contributed by atoms with van der Waals surface area (Å²) < 4.78 is 4.91. The Kier molecular flexibility index (Phi) is 3.80. The Morgan fingerprint density at radius 3 is 2.62 bits per heavy atom. The van der Waals surface area contributed by atoms with Crippen LogP contribution >= 0.6 is 0 Å². The van der Waals surface area contributed by atoms with Crippen LogP contribution in [0.3, 0.4) is 0 Å². The van der Waals surface area contributed by atoms with Crippen LogP contribution in [0.15, 0.2) is 9.32 Å². The van der Waals surface area contributed by atoms with E-state index in [-0.39, 0.29) is 5.56 Å². The number of aromatic nitrogens is 1. The summed E-state index contributed by atoms with van der Waals surface area (Å²) in [6, 6.07) is 0. The number of aryl methyl sites for hydroxylation is 1. The van der Waals surface area contributed by atoms with Crippen molar-refractivity contribution in [2.45, 2.75) is 46.0 Å². The molecule has 1 N–H and O–H groups in total. The van der Waals surface area contributed by atoms with Gasteiger partial charge in [0.1, 0.15) is 5.76 Å². The molecule has 0 atom stereocenters. The number of hydrogen-bond acceptors (Lipinski definition) is 2. The zero-order valence-electron chi connectivity index (χ0n) is 8.35. The van der Waals surface area contributed by atoms with Crippen molar-refractivity contribution in [3.8, 4) is 0 Å². The van der Waals surface area contributed by atoms with Crippen molar-refractivity contribution in [2.75, 3.05) is 0 Å². The molecule has 0 bridgehead atoms. The average Bonchev–Trinajstić information content (AvgIpc) is 2.42. The highest BCUT2D eigenvalue weighted by Gasteiger charge is 2.06. The van der Waals surface area contributed by atoms with E-state index in [9.17, 15) is 4.79 Å². The third-order valence-electron chi connectivity index (χ3n) is 2.28. The van der Waals surface area contributed by atoms with Crippen LogP contribution in [0.25, 0.3) is 0 Å². The third kappa shape index (κ3) is 2.76. The Balaban J connectivity index is 2.40. The molecule has 0 saturated carbocycles. The monoisotopic (exact) mass is 183 g/mol. The number of nitrogens with one attached hydrogen (secondary N) is 1. The molecule has 0 spiro atoms. The number of hydrogen-bond donors (Lipinski definition) is 1. The number of aromatic amines is 1. The lowest BCUT2D eigenvalue weighted by Crippen LogP contribution is -2.05. The first-order valence-electron chi connectivity index (χ1n) is 4.92. The van der Waals surface area contributed by atoms with Crippen molar-refractivity contribution in [1.82, 2.24) is 5.16 Å². The quantitative estimate of drug-likeness (QED) is 0.712. The van der Waals surface area contributed by atoms with Gasteiger partial charge in [0.15, 0.2) is 0 Å². The fourth-order valence-corrected chi connectivity index (χ4v) is 1.42. The number of H-pyrrole nitrogens is 1. The zero-order valence-corrected chi connectivity index (χ0v) is 8.35. The van der Waals surface area contributed by atoms with Crippen LogP contribution in [0.4, 0.5) is 0 Å². The molecule has 0 aliphatic carbocycles. The lowest BCUT2D eigenvalue weighted by Gasteiger charge is -1.96. The summed E-state index contributed by atoms with van der Waals surface area (Å²) in [7, 11) is 0. The molecule has 0 aliphatic rings. The standard InChI is InChI=1S/C10H17NO2/c1-3-4-5-6-7-9-8(2)13-11-10(9)12/h3-7H2,1-2H3,(H,11,12). The summed E-state index contributed by atoms with van der Waals surface area (Å²) in [5, 5.41) is 2.35. The minimum atomic E-state index is -0.0611. The fraction of sp³-hybridized carbons (Fsp3) is 0.700. The van der Waals surface area contributed by atoms with Crippen molar-refractivity contribution >= 4 is 0 Å². The molecule has 1 aromatic rings. The van der Waals surface area contributed by atoms with Crippen LogP contribution in [-0.2, 0) is 6.42 Å². The molecule has 13 heavy (non-hydrogen) atoms. The SMILES string of the molecule is CCCCCCc1c(C)o[nH]c1=O. The maximum atomic E-state index is 11.2. The molecule has 0 amide bonds. The van der Waals surface area contributed by atoms with E-state index < -0.39 is 0 Å². The van der Waals surface area contributed by atoms with Crippen LogP contribution in [0.5, 0.6) is 0 Å². The lowest BCUT2D eigenvalue weighted by molar-refractivity contribution is 0.391.